The van der Waals surface area contributed by atoms with E-state index in [0.717, 1.165) is 25.0 Å². The van der Waals surface area contributed by atoms with Crippen molar-refractivity contribution in [2.45, 2.75) is 70.4 Å². The molecule has 0 radical (unpaired) electrons. The molecule has 0 atom stereocenters. The molecular formula is C27H29F7O4. The van der Waals surface area contributed by atoms with E-state index in [1.165, 1.54) is 0 Å². The van der Waals surface area contributed by atoms with Crippen LogP contribution in [0.2, 0.25) is 0 Å². The highest BCUT2D eigenvalue weighted by Gasteiger charge is 2.48. The highest BCUT2D eigenvalue weighted by atomic mass is 19.3. The number of benzene rings is 2. The molecule has 1 saturated heterocycles. The Kier molecular flexibility index (Phi) is 8.03. The zero-order chi connectivity index (χ0) is 27.9. The van der Waals surface area contributed by atoms with Crippen LogP contribution in [0.5, 0.6) is 5.75 Å². The third-order valence-corrected chi connectivity index (χ3v) is 7.38. The van der Waals surface area contributed by atoms with Gasteiger partial charge in [-0.25, -0.2) is 22.0 Å². The van der Waals surface area contributed by atoms with E-state index in [2.05, 4.69) is 4.74 Å². The normalized spacial score (nSPS) is 28.4. The summed E-state index contributed by atoms with van der Waals surface area (Å²) in [6, 6.07) is 1.83. The highest BCUT2D eigenvalue weighted by Crippen LogP contribution is 2.45. The maximum absolute atomic E-state index is 14.8. The molecule has 1 aliphatic carbocycles. The van der Waals surface area contributed by atoms with Crippen molar-refractivity contribution in [1.29, 1.82) is 0 Å². The lowest BCUT2D eigenvalue weighted by molar-refractivity contribution is -0.427. The SMILES string of the molecule is CCCC1(C)COC(O)(C2CCC(c3cc(F)c(C(F)(F)Oc4cc(F)c(F)c(F)c4)c(F)c3)CC2)OC1. The molecule has 210 valence electrons. The smallest absolute Gasteiger partial charge is 0.429 e. The summed E-state index contributed by atoms with van der Waals surface area (Å²) in [5, 5.41) is 10.9. The molecule has 4 nitrogen and oxygen atoms in total. The molecule has 1 heterocycles. The summed E-state index contributed by atoms with van der Waals surface area (Å²) >= 11 is 0. The van der Waals surface area contributed by atoms with Gasteiger partial charge in [0.2, 0.25) is 0 Å². The van der Waals surface area contributed by atoms with Crippen LogP contribution in [-0.2, 0) is 15.6 Å². The van der Waals surface area contributed by atoms with E-state index < -0.39 is 52.5 Å². The van der Waals surface area contributed by atoms with Gasteiger partial charge in [0.05, 0.1) is 13.2 Å². The molecule has 0 bridgehead atoms. The van der Waals surface area contributed by atoms with Gasteiger partial charge in [-0.3, -0.25) is 0 Å². The molecule has 1 saturated carbocycles. The van der Waals surface area contributed by atoms with E-state index in [4.69, 9.17) is 9.47 Å². The minimum Gasteiger partial charge on any atom is -0.429 e. The average Bonchev–Trinajstić information content (AvgIpc) is 2.84. The largest absolute Gasteiger partial charge is 0.432 e. The molecule has 1 N–H and O–H groups in total. The summed E-state index contributed by atoms with van der Waals surface area (Å²) < 4.78 is 114. The fourth-order valence-electron chi connectivity index (χ4n) is 5.31. The highest BCUT2D eigenvalue weighted by molar-refractivity contribution is 5.33. The molecule has 2 aromatic rings. The van der Waals surface area contributed by atoms with E-state index in [9.17, 15) is 35.8 Å². The Hall–Kier alpha value is -2.37. The second-order valence-electron chi connectivity index (χ2n) is 10.5. The average molecular weight is 551 g/mol. The van der Waals surface area contributed by atoms with Crippen molar-refractivity contribution in [3.05, 3.63) is 64.5 Å². The van der Waals surface area contributed by atoms with Gasteiger partial charge in [0.1, 0.15) is 22.9 Å². The van der Waals surface area contributed by atoms with E-state index in [0.29, 0.717) is 38.9 Å². The van der Waals surface area contributed by atoms with Gasteiger partial charge < -0.3 is 19.3 Å². The van der Waals surface area contributed by atoms with Crippen LogP contribution in [0, 0.1) is 40.4 Å². The number of rotatable bonds is 7. The predicted octanol–water partition coefficient (Wildman–Crippen LogP) is 7.28. The van der Waals surface area contributed by atoms with E-state index in [1.54, 1.807) is 0 Å². The van der Waals surface area contributed by atoms with Gasteiger partial charge in [-0.05, 0) is 55.7 Å². The van der Waals surface area contributed by atoms with Gasteiger partial charge in [0.15, 0.2) is 17.5 Å². The monoisotopic (exact) mass is 550 g/mol. The molecule has 38 heavy (non-hydrogen) atoms. The van der Waals surface area contributed by atoms with Crippen molar-refractivity contribution >= 4 is 0 Å². The summed E-state index contributed by atoms with van der Waals surface area (Å²) in [6.07, 6.45) is -1.21. The number of aliphatic hydroxyl groups is 1. The first kappa shape index (κ1) is 28.6. The maximum Gasteiger partial charge on any atom is 0.432 e. The van der Waals surface area contributed by atoms with Crippen LogP contribution < -0.4 is 4.74 Å². The van der Waals surface area contributed by atoms with Gasteiger partial charge in [0.25, 0.3) is 5.97 Å². The molecule has 0 unspecified atom stereocenters. The van der Waals surface area contributed by atoms with Crippen molar-refractivity contribution in [1.82, 2.24) is 0 Å². The minimum absolute atomic E-state index is 0.143. The van der Waals surface area contributed by atoms with Crippen LogP contribution in [-0.4, -0.2) is 24.3 Å². The lowest BCUT2D eigenvalue weighted by Crippen LogP contribution is -2.53. The summed E-state index contributed by atoms with van der Waals surface area (Å²) in [5.41, 5.74) is -1.79. The third-order valence-electron chi connectivity index (χ3n) is 7.38. The molecule has 11 heteroatoms. The molecule has 0 spiro atoms. The molecule has 2 aromatic carbocycles. The van der Waals surface area contributed by atoms with Crippen molar-refractivity contribution < 1.29 is 50.1 Å². The lowest BCUT2D eigenvalue weighted by Gasteiger charge is -2.46. The molecule has 0 amide bonds. The van der Waals surface area contributed by atoms with Gasteiger partial charge >= 0.3 is 6.11 Å². The Morgan fingerprint density at radius 2 is 1.42 bits per heavy atom. The Bertz CT molecular complexity index is 1110. The molecule has 1 aliphatic heterocycles. The Morgan fingerprint density at radius 1 is 0.895 bits per heavy atom. The van der Waals surface area contributed by atoms with E-state index >= 15 is 0 Å². The Labute approximate surface area is 215 Å². The van der Waals surface area contributed by atoms with Gasteiger partial charge in [-0.1, -0.05) is 20.3 Å². The lowest BCUT2D eigenvalue weighted by atomic mass is 9.77. The van der Waals surface area contributed by atoms with Crippen LogP contribution in [0.4, 0.5) is 30.7 Å². The van der Waals surface area contributed by atoms with E-state index in [1.807, 2.05) is 13.8 Å². The van der Waals surface area contributed by atoms with Crippen molar-refractivity contribution in [2.75, 3.05) is 13.2 Å². The molecule has 2 aliphatic rings. The minimum atomic E-state index is -4.65. The molecular weight excluding hydrogens is 521 g/mol. The fourth-order valence-corrected chi connectivity index (χ4v) is 5.31. The Balaban J connectivity index is 1.44. The number of hydrogen-bond acceptors (Lipinski definition) is 4. The standard InChI is InChI=1S/C27H29F7O4/c1-3-8-25(2)13-36-27(35,37-14-25)17-6-4-15(5-7-17)16-9-19(28)23(20(29)10-16)26(33,34)38-18-11-21(30)24(32)22(31)12-18/h9-12,15,17,35H,3-8,13-14H2,1-2H3. The summed E-state index contributed by atoms with van der Waals surface area (Å²) in [6.45, 7) is 4.74. The number of alkyl halides is 2. The molecule has 2 fully saturated rings. The summed E-state index contributed by atoms with van der Waals surface area (Å²) in [7, 11) is 0. The fraction of sp³-hybridized carbons (Fsp3) is 0.556. The molecule has 0 aromatic heterocycles. The van der Waals surface area contributed by atoms with E-state index in [-0.39, 0.29) is 34.9 Å². The first-order chi connectivity index (χ1) is 17.8. The third kappa shape index (κ3) is 5.79. The van der Waals surface area contributed by atoms with Crippen LogP contribution in [0.15, 0.2) is 24.3 Å². The second-order valence-corrected chi connectivity index (χ2v) is 10.5. The van der Waals surface area contributed by atoms with Gasteiger partial charge in [-0.15, -0.1) is 0 Å². The van der Waals surface area contributed by atoms with Crippen LogP contribution in [0.1, 0.15) is 69.4 Å². The first-order valence-electron chi connectivity index (χ1n) is 12.5. The van der Waals surface area contributed by atoms with Crippen molar-refractivity contribution in [3.63, 3.8) is 0 Å². The van der Waals surface area contributed by atoms with Crippen molar-refractivity contribution in [3.8, 4) is 5.75 Å². The molecule has 4 rings (SSSR count). The van der Waals surface area contributed by atoms with Crippen LogP contribution >= 0.6 is 0 Å². The van der Waals surface area contributed by atoms with Gasteiger partial charge in [0, 0.05) is 23.5 Å². The zero-order valence-corrected chi connectivity index (χ0v) is 20.9. The van der Waals surface area contributed by atoms with Gasteiger partial charge in [-0.2, -0.15) is 8.78 Å². The topological polar surface area (TPSA) is 47.9 Å². The maximum atomic E-state index is 14.8. The second kappa shape index (κ2) is 10.7. The Morgan fingerprint density at radius 3 is 1.92 bits per heavy atom. The number of ether oxygens (including phenoxy) is 3. The van der Waals surface area contributed by atoms with Crippen molar-refractivity contribution in [2.24, 2.45) is 11.3 Å². The summed E-state index contributed by atoms with van der Waals surface area (Å²) in [5.74, 6) is -12.4. The zero-order valence-electron chi connectivity index (χ0n) is 20.9. The number of halogens is 7. The summed E-state index contributed by atoms with van der Waals surface area (Å²) in [4.78, 5) is 0. The van der Waals surface area contributed by atoms with Crippen LogP contribution in [0.25, 0.3) is 0 Å². The van der Waals surface area contributed by atoms with Crippen LogP contribution in [0.3, 0.4) is 0 Å². The number of hydrogen-bond donors (Lipinski definition) is 1. The first-order valence-corrected chi connectivity index (χ1v) is 12.5. The predicted molar refractivity (Wildman–Crippen MR) is 122 cm³/mol. The quantitative estimate of drug-likeness (QED) is 0.291.